The van der Waals surface area contributed by atoms with E-state index >= 15 is 0 Å². The van der Waals surface area contributed by atoms with Crippen LogP contribution in [-0.4, -0.2) is 47.8 Å². The molecule has 3 atom stereocenters. The smallest absolute Gasteiger partial charge is 0.206 e. The molecule has 6 heteroatoms. The fourth-order valence-electron chi connectivity index (χ4n) is 4.38. The van der Waals surface area contributed by atoms with Crippen LogP contribution >= 0.6 is 0 Å². The molecule has 0 unspecified atom stereocenters. The average molecular weight is 372 g/mol. The molecule has 1 N–H and O–H groups in total. The van der Waals surface area contributed by atoms with E-state index in [0.29, 0.717) is 11.8 Å². The van der Waals surface area contributed by atoms with Crippen molar-refractivity contribution < 1.29 is 19.0 Å². The Bertz CT molecular complexity index is 769. The molecule has 2 aromatic rings. The molecule has 5 nitrogen and oxygen atoms in total. The van der Waals surface area contributed by atoms with Crippen molar-refractivity contribution in [3.05, 3.63) is 48.0 Å². The topological polar surface area (TPSA) is 54.8 Å². The summed E-state index contributed by atoms with van der Waals surface area (Å²) < 4.78 is 25.3. The number of hydrogen-bond acceptors (Lipinski definition) is 5. The third kappa shape index (κ3) is 4.00. The zero-order valence-electron chi connectivity index (χ0n) is 15.5. The molecule has 0 radical (unpaired) electrons. The number of ether oxygens (including phenoxy) is 2. The number of aromatic hydroxyl groups is 1. The summed E-state index contributed by atoms with van der Waals surface area (Å²) in [5.74, 6) is 1.51. The molecule has 27 heavy (non-hydrogen) atoms. The summed E-state index contributed by atoms with van der Waals surface area (Å²) in [7, 11) is 1.46. The van der Waals surface area contributed by atoms with Crippen molar-refractivity contribution in [1.82, 2.24) is 9.88 Å². The van der Waals surface area contributed by atoms with E-state index in [1.54, 1.807) is 24.3 Å². The number of likely N-dealkylation sites (tertiary alicyclic amines) is 1. The summed E-state index contributed by atoms with van der Waals surface area (Å²) in [5, 5.41) is 9.31. The number of benzene rings is 1. The van der Waals surface area contributed by atoms with Crippen LogP contribution in [0.1, 0.15) is 18.5 Å². The second-order valence-electron chi connectivity index (χ2n) is 7.52. The van der Waals surface area contributed by atoms with E-state index in [1.807, 2.05) is 6.07 Å². The summed E-state index contributed by atoms with van der Waals surface area (Å²) in [6, 6.07) is 8.58. The molecule has 1 aliphatic heterocycles. The molecule has 1 saturated heterocycles. The van der Waals surface area contributed by atoms with Gasteiger partial charge in [-0.05, 0) is 48.9 Å². The van der Waals surface area contributed by atoms with Gasteiger partial charge in [-0.15, -0.1) is 0 Å². The number of methoxy groups -OCH3 is 1. The molecular weight excluding hydrogens is 347 g/mol. The minimum atomic E-state index is -0.417. The standard InChI is InChI=1S/C21H25FN2O3/c1-26-19-3-2-4-20(21(19)22)27-18-9-14-12-24(13-15(14)10-18)8-7-16-5-6-17(25)11-23-16/h2-6,11,14-15,18,25H,7-10,12-13H2,1H3/t14-,15+,18+. The molecule has 144 valence electrons. The molecule has 2 heterocycles. The quantitative estimate of drug-likeness (QED) is 0.843. The number of nitrogens with zero attached hydrogens (tertiary/aromatic N) is 2. The molecule has 0 bridgehead atoms. The summed E-state index contributed by atoms with van der Waals surface area (Å²) in [4.78, 5) is 6.73. The van der Waals surface area contributed by atoms with Crippen molar-refractivity contribution in [3.8, 4) is 17.2 Å². The first-order valence-electron chi connectivity index (χ1n) is 9.48. The largest absolute Gasteiger partial charge is 0.506 e. The van der Waals surface area contributed by atoms with E-state index < -0.39 is 5.82 Å². The fourth-order valence-corrected chi connectivity index (χ4v) is 4.38. The number of hydrogen-bond donors (Lipinski definition) is 1. The van der Waals surface area contributed by atoms with Gasteiger partial charge in [0, 0.05) is 31.7 Å². The molecule has 1 aromatic heterocycles. The van der Waals surface area contributed by atoms with Gasteiger partial charge in [0.25, 0.3) is 0 Å². The van der Waals surface area contributed by atoms with Gasteiger partial charge in [-0.3, -0.25) is 4.98 Å². The Morgan fingerprint density at radius 2 is 1.89 bits per heavy atom. The van der Waals surface area contributed by atoms with Gasteiger partial charge < -0.3 is 19.5 Å². The van der Waals surface area contributed by atoms with Gasteiger partial charge in [-0.1, -0.05) is 6.07 Å². The monoisotopic (exact) mass is 372 g/mol. The van der Waals surface area contributed by atoms with Crippen LogP contribution in [0.15, 0.2) is 36.5 Å². The maximum absolute atomic E-state index is 14.3. The van der Waals surface area contributed by atoms with Crippen LogP contribution < -0.4 is 9.47 Å². The SMILES string of the molecule is COc1cccc(O[C@H]2C[C@@H]3CN(CCc4ccc(O)cn4)C[C@@H]3C2)c1F. The van der Waals surface area contributed by atoms with E-state index in [4.69, 9.17) is 9.47 Å². The molecule has 1 saturated carbocycles. The highest BCUT2D eigenvalue weighted by Gasteiger charge is 2.41. The third-order valence-corrected chi connectivity index (χ3v) is 5.72. The predicted molar refractivity (Wildman–Crippen MR) is 99.6 cm³/mol. The highest BCUT2D eigenvalue weighted by Crippen LogP contribution is 2.40. The molecule has 1 aromatic carbocycles. The first kappa shape index (κ1) is 18.0. The Hall–Kier alpha value is -2.34. The molecule has 0 amide bonds. The van der Waals surface area contributed by atoms with Crippen LogP contribution in [0.2, 0.25) is 0 Å². The first-order chi connectivity index (χ1) is 13.1. The number of fused-ring (bicyclic) bond motifs is 1. The van der Waals surface area contributed by atoms with E-state index in [9.17, 15) is 9.50 Å². The lowest BCUT2D eigenvalue weighted by Crippen LogP contribution is -2.26. The highest BCUT2D eigenvalue weighted by molar-refractivity contribution is 5.35. The normalized spacial score (nSPS) is 24.7. The van der Waals surface area contributed by atoms with Gasteiger partial charge >= 0.3 is 0 Å². The second kappa shape index (κ2) is 7.72. The van der Waals surface area contributed by atoms with Crippen LogP contribution in [0.25, 0.3) is 0 Å². The third-order valence-electron chi connectivity index (χ3n) is 5.72. The van der Waals surface area contributed by atoms with Gasteiger partial charge in [-0.2, -0.15) is 4.39 Å². The summed E-state index contributed by atoms with van der Waals surface area (Å²) >= 11 is 0. The van der Waals surface area contributed by atoms with Gasteiger partial charge in [0.1, 0.15) is 5.75 Å². The van der Waals surface area contributed by atoms with Crippen molar-refractivity contribution in [2.75, 3.05) is 26.7 Å². The van der Waals surface area contributed by atoms with Crippen LogP contribution in [-0.2, 0) is 6.42 Å². The Kier molecular flexibility index (Phi) is 5.16. The zero-order chi connectivity index (χ0) is 18.8. The van der Waals surface area contributed by atoms with Crippen LogP contribution in [0, 0.1) is 17.7 Å². The Morgan fingerprint density at radius 3 is 2.56 bits per heavy atom. The predicted octanol–water partition coefficient (Wildman–Crippen LogP) is 3.27. The lowest BCUT2D eigenvalue weighted by Gasteiger charge is -2.20. The Morgan fingerprint density at radius 1 is 1.15 bits per heavy atom. The summed E-state index contributed by atoms with van der Waals surface area (Å²) in [6.45, 7) is 3.09. The summed E-state index contributed by atoms with van der Waals surface area (Å²) in [5.41, 5.74) is 1.000. The van der Waals surface area contributed by atoms with Crippen molar-refractivity contribution in [1.29, 1.82) is 0 Å². The maximum atomic E-state index is 14.3. The molecule has 0 spiro atoms. The Balaban J connectivity index is 1.28. The van der Waals surface area contributed by atoms with Crippen molar-refractivity contribution >= 4 is 0 Å². The van der Waals surface area contributed by atoms with Crippen molar-refractivity contribution in [3.63, 3.8) is 0 Å². The van der Waals surface area contributed by atoms with Crippen LogP contribution in [0.5, 0.6) is 17.2 Å². The number of pyridine rings is 1. The zero-order valence-corrected chi connectivity index (χ0v) is 15.5. The number of rotatable bonds is 6. The molecule has 2 fully saturated rings. The van der Waals surface area contributed by atoms with E-state index in [0.717, 1.165) is 44.6 Å². The van der Waals surface area contributed by atoms with Gasteiger partial charge in [0.2, 0.25) is 5.82 Å². The van der Waals surface area contributed by atoms with E-state index in [2.05, 4.69) is 9.88 Å². The number of aromatic nitrogens is 1. The molecular formula is C21H25FN2O3. The average Bonchev–Trinajstić information content (AvgIpc) is 3.21. The highest BCUT2D eigenvalue weighted by atomic mass is 19.1. The Labute approximate surface area is 158 Å². The first-order valence-corrected chi connectivity index (χ1v) is 9.48. The fraction of sp³-hybridized carbons (Fsp3) is 0.476. The molecule has 4 rings (SSSR count). The van der Waals surface area contributed by atoms with E-state index in [1.165, 1.54) is 13.3 Å². The van der Waals surface area contributed by atoms with Gasteiger partial charge in [0.15, 0.2) is 11.5 Å². The van der Waals surface area contributed by atoms with Crippen LogP contribution in [0.3, 0.4) is 0 Å². The lowest BCUT2D eigenvalue weighted by molar-refractivity contribution is 0.177. The molecule has 1 aliphatic carbocycles. The van der Waals surface area contributed by atoms with Crippen molar-refractivity contribution in [2.45, 2.75) is 25.4 Å². The van der Waals surface area contributed by atoms with E-state index in [-0.39, 0.29) is 23.4 Å². The molecule has 2 aliphatic rings. The summed E-state index contributed by atoms with van der Waals surface area (Å²) in [6.07, 6.45) is 4.38. The van der Waals surface area contributed by atoms with Gasteiger partial charge in [-0.25, -0.2) is 0 Å². The van der Waals surface area contributed by atoms with Crippen LogP contribution in [0.4, 0.5) is 4.39 Å². The number of halogens is 1. The maximum Gasteiger partial charge on any atom is 0.206 e. The van der Waals surface area contributed by atoms with Gasteiger partial charge in [0.05, 0.1) is 19.4 Å². The second-order valence-corrected chi connectivity index (χ2v) is 7.52. The lowest BCUT2D eigenvalue weighted by atomic mass is 10.0. The van der Waals surface area contributed by atoms with Crippen molar-refractivity contribution in [2.24, 2.45) is 11.8 Å². The minimum Gasteiger partial charge on any atom is -0.506 e. The minimum absolute atomic E-state index is 0.0718.